The van der Waals surface area contributed by atoms with Crippen LogP contribution in [-0.4, -0.2) is 39.2 Å². The summed E-state index contributed by atoms with van der Waals surface area (Å²) in [7, 11) is 1.19. The Morgan fingerprint density at radius 3 is 2.79 bits per heavy atom. The molecule has 1 aromatic heterocycles. The molecule has 29 heavy (non-hydrogen) atoms. The van der Waals surface area contributed by atoms with Gasteiger partial charge < -0.3 is 14.3 Å². The van der Waals surface area contributed by atoms with E-state index in [2.05, 4.69) is 20.7 Å². The fourth-order valence-corrected chi connectivity index (χ4v) is 3.72. The Balaban J connectivity index is 1.86. The highest BCUT2D eigenvalue weighted by molar-refractivity contribution is 9.10. The van der Waals surface area contributed by atoms with Crippen LogP contribution in [-0.2, 0) is 16.1 Å². The molecule has 10 nitrogen and oxygen atoms in total. The zero-order valence-electron chi connectivity index (χ0n) is 14.6. The van der Waals surface area contributed by atoms with Gasteiger partial charge in [-0.3, -0.25) is 24.6 Å². The van der Waals surface area contributed by atoms with Crippen molar-refractivity contribution < 1.29 is 33.6 Å². The summed E-state index contributed by atoms with van der Waals surface area (Å²) in [6.45, 7) is -0.219. The highest BCUT2D eigenvalue weighted by Crippen LogP contribution is 2.38. The maximum atomic E-state index is 12.6. The predicted octanol–water partition coefficient (Wildman–Crippen LogP) is 3.68. The summed E-state index contributed by atoms with van der Waals surface area (Å²) in [6.07, 6.45) is 1.19. The molecule has 1 aliphatic rings. The largest absolute Gasteiger partial charge is 0.506 e. The summed E-state index contributed by atoms with van der Waals surface area (Å²) in [5, 5.41) is 20.5. The quantitative estimate of drug-likeness (QED) is 0.292. The average Bonchev–Trinajstić information content (AvgIpc) is 3.25. The number of non-ortho nitro benzene ring substituents is 1. The van der Waals surface area contributed by atoms with E-state index in [0.717, 1.165) is 17.0 Å². The fraction of sp³-hybridized carbons (Fsp3) is 0.118. The second-order valence-electron chi connectivity index (χ2n) is 5.65. The summed E-state index contributed by atoms with van der Waals surface area (Å²) in [6, 6.07) is 4.99. The van der Waals surface area contributed by atoms with E-state index < -0.39 is 22.0 Å². The van der Waals surface area contributed by atoms with Gasteiger partial charge in [0.05, 0.1) is 28.0 Å². The van der Waals surface area contributed by atoms with E-state index in [9.17, 15) is 29.6 Å². The monoisotopic (exact) mass is 482 g/mol. The summed E-state index contributed by atoms with van der Waals surface area (Å²) in [5.41, 5.74) is -0.298. The first-order valence-corrected chi connectivity index (χ1v) is 9.41. The number of amides is 2. The Hall–Kier alpha value is -3.12. The molecule has 0 unspecified atom stereocenters. The van der Waals surface area contributed by atoms with Gasteiger partial charge in [-0.05, 0) is 45.9 Å². The number of ether oxygens (including phenoxy) is 1. The van der Waals surface area contributed by atoms with E-state index >= 15 is 0 Å². The fourth-order valence-electron chi connectivity index (χ4n) is 2.43. The van der Waals surface area contributed by atoms with Gasteiger partial charge in [-0.1, -0.05) is 0 Å². The molecule has 2 heterocycles. The molecule has 0 aliphatic carbocycles. The molecular weight excluding hydrogens is 472 g/mol. The van der Waals surface area contributed by atoms with E-state index in [0.29, 0.717) is 11.8 Å². The lowest BCUT2D eigenvalue weighted by molar-refractivity contribution is -0.385. The summed E-state index contributed by atoms with van der Waals surface area (Å²) in [5.74, 6) is -1.56. The minimum absolute atomic E-state index is 0.00236. The van der Waals surface area contributed by atoms with Crippen molar-refractivity contribution in [1.29, 1.82) is 0 Å². The second-order valence-corrected chi connectivity index (χ2v) is 7.50. The van der Waals surface area contributed by atoms with Crippen LogP contribution >= 0.6 is 27.7 Å². The van der Waals surface area contributed by atoms with Gasteiger partial charge in [-0.2, -0.15) is 0 Å². The molecule has 0 atom stereocenters. The Labute approximate surface area is 175 Å². The van der Waals surface area contributed by atoms with Crippen LogP contribution in [0.25, 0.3) is 6.08 Å². The number of imide groups is 1. The van der Waals surface area contributed by atoms with Gasteiger partial charge in [-0.25, -0.2) is 4.79 Å². The van der Waals surface area contributed by atoms with Crippen molar-refractivity contribution in [3.63, 3.8) is 0 Å². The smallest absolute Gasteiger partial charge is 0.373 e. The number of nitro groups is 1. The molecule has 150 valence electrons. The number of halogens is 1. The van der Waals surface area contributed by atoms with E-state index in [1.54, 1.807) is 0 Å². The van der Waals surface area contributed by atoms with Gasteiger partial charge in [0.1, 0.15) is 11.5 Å². The van der Waals surface area contributed by atoms with Crippen molar-refractivity contribution >= 4 is 56.6 Å². The Morgan fingerprint density at radius 2 is 2.14 bits per heavy atom. The lowest BCUT2D eigenvalue weighted by atomic mass is 10.1. The molecule has 3 rings (SSSR count). The molecule has 0 radical (unpaired) electrons. The number of carbonyl (C=O) groups is 3. The molecule has 0 saturated carbocycles. The van der Waals surface area contributed by atoms with Gasteiger partial charge in [-0.15, -0.1) is 0 Å². The number of methoxy groups -OCH3 is 1. The first kappa shape index (κ1) is 20.6. The molecule has 1 aromatic carbocycles. The van der Waals surface area contributed by atoms with Crippen LogP contribution in [0.2, 0.25) is 0 Å². The number of hydrogen-bond acceptors (Lipinski definition) is 9. The number of esters is 1. The number of nitro benzene ring substituents is 1. The van der Waals surface area contributed by atoms with Gasteiger partial charge in [0.15, 0.2) is 0 Å². The first-order valence-electron chi connectivity index (χ1n) is 7.80. The Kier molecular flexibility index (Phi) is 5.75. The minimum atomic E-state index is -0.697. The number of benzene rings is 1. The molecule has 1 N–H and O–H groups in total. The molecule has 2 amide bonds. The third-order valence-electron chi connectivity index (χ3n) is 3.81. The molecule has 1 saturated heterocycles. The molecule has 12 heteroatoms. The number of nitrogens with zero attached hydrogens (tertiary/aromatic N) is 2. The van der Waals surface area contributed by atoms with Crippen LogP contribution in [0.5, 0.6) is 5.75 Å². The van der Waals surface area contributed by atoms with Crippen LogP contribution in [0.4, 0.5) is 10.5 Å². The Bertz CT molecular complexity index is 1080. The SMILES string of the molecule is COC(=O)c1ccc(CN2C(=O)SC(=Cc3cc([N+](=O)[O-])cc(Br)c3O)C2=O)o1. The first-order chi connectivity index (χ1) is 13.7. The minimum Gasteiger partial charge on any atom is -0.506 e. The number of hydrogen-bond donors (Lipinski definition) is 1. The van der Waals surface area contributed by atoms with Crippen molar-refractivity contribution in [2.24, 2.45) is 0 Å². The number of phenolic OH excluding ortho intramolecular Hbond substituents is 1. The lowest BCUT2D eigenvalue weighted by Gasteiger charge is -2.10. The normalized spacial score (nSPS) is 15.2. The third kappa shape index (κ3) is 4.17. The van der Waals surface area contributed by atoms with Crippen LogP contribution in [0.3, 0.4) is 0 Å². The summed E-state index contributed by atoms with van der Waals surface area (Å²) < 4.78 is 9.85. The predicted molar refractivity (Wildman–Crippen MR) is 104 cm³/mol. The number of furan rings is 1. The van der Waals surface area contributed by atoms with Crippen LogP contribution in [0.15, 0.2) is 38.1 Å². The average molecular weight is 483 g/mol. The number of aromatic hydroxyl groups is 1. The standard InChI is InChI=1S/C17H11BrN2O8S/c1-27-16(23)12-3-2-10(28-12)7-19-15(22)13(29-17(19)24)5-8-4-9(20(25)26)6-11(18)14(8)21/h2-6,21H,7H2,1H3. The molecular formula is C17H11BrN2O8S. The van der Waals surface area contributed by atoms with Crippen molar-refractivity contribution in [3.05, 3.63) is 60.8 Å². The van der Waals surface area contributed by atoms with Gasteiger partial charge in [0.2, 0.25) is 5.76 Å². The topological polar surface area (TPSA) is 140 Å². The van der Waals surface area contributed by atoms with Crippen molar-refractivity contribution in [2.75, 3.05) is 7.11 Å². The number of phenols is 1. The van der Waals surface area contributed by atoms with Crippen molar-refractivity contribution in [1.82, 2.24) is 4.90 Å². The summed E-state index contributed by atoms with van der Waals surface area (Å²) >= 11 is 3.63. The van der Waals surface area contributed by atoms with Gasteiger partial charge in [0, 0.05) is 17.7 Å². The van der Waals surface area contributed by atoms with Gasteiger partial charge >= 0.3 is 5.97 Å². The van der Waals surface area contributed by atoms with E-state index in [1.807, 2.05) is 0 Å². The maximum Gasteiger partial charge on any atom is 0.373 e. The zero-order valence-corrected chi connectivity index (χ0v) is 17.0. The number of rotatable bonds is 5. The van der Waals surface area contributed by atoms with E-state index in [-0.39, 0.29) is 44.4 Å². The maximum absolute atomic E-state index is 12.6. The number of thioether (sulfide) groups is 1. The van der Waals surface area contributed by atoms with Crippen LogP contribution in [0, 0.1) is 10.1 Å². The summed E-state index contributed by atoms with van der Waals surface area (Å²) in [4.78, 5) is 47.5. The van der Waals surface area contributed by atoms with E-state index in [4.69, 9.17) is 4.42 Å². The lowest BCUT2D eigenvalue weighted by Crippen LogP contribution is -2.27. The molecule has 0 spiro atoms. The van der Waals surface area contributed by atoms with E-state index in [1.165, 1.54) is 25.3 Å². The third-order valence-corrected chi connectivity index (χ3v) is 5.32. The molecule has 0 bridgehead atoms. The van der Waals surface area contributed by atoms with Crippen LogP contribution in [0.1, 0.15) is 21.9 Å². The molecule has 1 fully saturated rings. The second kappa shape index (κ2) is 8.09. The highest BCUT2D eigenvalue weighted by atomic mass is 79.9. The van der Waals surface area contributed by atoms with Crippen molar-refractivity contribution in [3.8, 4) is 5.75 Å². The highest BCUT2D eigenvalue weighted by Gasteiger charge is 2.36. The van der Waals surface area contributed by atoms with Crippen molar-refractivity contribution in [2.45, 2.75) is 6.54 Å². The number of carbonyl (C=O) groups excluding carboxylic acids is 3. The zero-order chi connectivity index (χ0) is 21.3. The van der Waals surface area contributed by atoms with Gasteiger partial charge in [0.25, 0.3) is 16.8 Å². The van der Waals surface area contributed by atoms with Crippen LogP contribution < -0.4 is 0 Å². The molecule has 1 aliphatic heterocycles. The molecule has 2 aromatic rings. The Morgan fingerprint density at radius 1 is 1.41 bits per heavy atom.